The maximum Gasteiger partial charge on any atom is 0.160 e. The number of para-hydroxylation sites is 4. The Morgan fingerprint density at radius 2 is 1.06 bits per heavy atom. The molecule has 0 bridgehead atoms. The molecule has 230 valence electrons. The summed E-state index contributed by atoms with van der Waals surface area (Å²) in [5.41, 5.74) is 9.87. The summed E-state index contributed by atoms with van der Waals surface area (Å²) < 4.78 is 7.20. The number of fused-ring (bicyclic) bond motifs is 4. The van der Waals surface area contributed by atoms with Crippen LogP contribution in [-0.4, -0.2) is 9.97 Å². The van der Waals surface area contributed by atoms with E-state index < -0.39 is 0 Å². The predicted octanol–water partition coefficient (Wildman–Crippen LogP) is 11.8. The third-order valence-corrected chi connectivity index (χ3v) is 10.5. The molecule has 1 aromatic heterocycles. The van der Waals surface area contributed by atoms with Gasteiger partial charge in [-0.15, -0.1) is 0 Å². The molecular weight excluding hydrogens is 607 g/mol. The first kappa shape index (κ1) is 28.6. The highest BCUT2D eigenvalue weighted by Crippen LogP contribution is 2.58. The van der Waals surface area contributed by atoms with Crippen molar-refractivity contribution in [1.29, 1.82) is 0 Å². The molecule has 0 unspecified atom stereocenters. The van der Waals surface area contributed by atoms with Crippen molar-refractivity contribution in [3.8, 4) is 45.4 Å². The molecule has 0 atom stereocenters. The van der Waals surface area contributed by atoms with Crippen molar-refractivity contribution in [3.05, 3.63) is 163 Å². The van der Waals surface area contributed by atoms with E-state index in [0.29, 0.717) is 5.82 Å². The minimum Gasteiger partial charge on any atom is -0.454 e. The van der Waals surface area contributed by atoms with Crippen LogP contribution in [0, 0.1) is 0 Å². The van der Waals surface area contributed by atoms with Gasteiger partial charge in [0.1, 0.15) is 5.75 Å². The number of rotatable bonds is 4. The van der Waals surface area contributed by atoms with Crippen molar-refractivity contribution in [3.63, 3.8) is 0 Å². The molecule has 0 fully saturated rings. The Balaban J connectivity index is 1.25. The molecule has 0 amide bonds. The van der Waals surface area contributed by atoms with Crippen molar-refractivity contribution in [2.24, 2.45) is 0 Å². The molecule has 7 aromatic rings. The maximum atomic E-state index is 7.20. The molecule has 2 aliphatic rings. The number of aromatic nitrogens is 2. The Morgan fingerprint density at radius 3 is 1.75 bits per heavy atom. The Kier molecular flexibility index (Phi) is 6.70. The van der Waals surface area contributed by atoms with Gasteiger partial charge in [-0.05, 0) is 42.5 Å². The molecule has 5 heteroatoms. The van der Waals surface area contributed by atoms with E-state index in [0.717, 1.165) is 67.8 Å². The molecular formula is C43H31N3OS. The summed E-state index contributed by atoms with van der Waals surface area (Å²) in [5, 5.41) is 0. The molecule has 9 rings (SSSR count). The van der Waals surface area contributed by atoms with E-state index in [2.05, 4.69) is 134 Å². The Hall–Kier alpha value is -5.65. The van der Waals surface area contributed by atoms with Crippen molar-refractivity contribution in [2.75, 3.05) is 4.90 Å². The summed E-state index contributed by atoms with van der Waals surface area (Å²) in [6.45, 7) is 4.58. The number of nitrogens with zero attached hydrogens (tertiary/aromatic N) is 3. The lowest BCUT2D eigenvalue weighted by Crippen LogP contribution is -2.26. The van der Waals surface area contributed by atoms with Gasteiger partial charge in [0, 0.05) is 43.0 Å². The molecule has 0 spiro atoms. The van der Waals surface area contributed by atoms with Crippen molar-refractivity contribution in [2.45, 2.75) is 29.1 Å². The van der Waals surface area contributed by atoms with Gasteiger partial charge < -0.3 is 9.64 Å². The third kappa shape index (κ3) is 4.62. The van der Waals surface area contributed by atoms with E-state index >= 15 is 0 Å². The monoisotopic (exact) mass is 637 g/mol. The maximum absolute atomic E-state index is 7.20. The fraction of sp³-hybridized carbons (Fsp3) is 0.0698. The van der Waals surface area contributed by atoms with E-state index in [1.54, 1.807) is 0 Å². The molecule has 3 heterocycles. The highest BCUT2D eigenvalue weighted by molar-refractivity contribution is 7.99. The first-order valence-corrected chi connectivity index (χ1v) is 17.0. The van der Waals surface area contributed by atoms with E-state index in [1.165, 1.54) is 9.79 Å². The summed E-state index contributed by atoms with van der Waals surface area (Å²) in [5.74, 6) is 2.37. The standard InChI is InChI=1S/C43H31N3OS/c1-43(2)31-20-13-19-30(34-27-33(28-15-5-3-6-16-28)44-42(45-34)29-17-7-4-8-18-29)40(31)47-41-32(43)21-14-24-37(41)46-35-22-9-11-25-38(35)48-39-26-12-10-23-36(39)46/h3-27H,1-2H3. The minimum absolute atomic E-state index is 0.337. The fourth-order valence-electron chi connectivity index (χ4n) is 6.91. The molecule has 0 N–H and O–H groups in total. The number of benzene rings is 6. The second-order valence-corrected chi connectivity index (χ2v) is 13.7. The van der Waals surface area contributed by atoms with Gasteiger partial charge in [-0.1, -0.05) is 135 Å². The average Bonchev–Trinajstić information content (AvgIpc) is 3.14. The minimum atomic E-state index is -0.337. The molecule has 48 heavy (non-hydrogen) atoms. The van der Waals surface area contributed by atoms with Crippen LogP contribution < -0.4 is 9.64 Å². The van der Waals surface area contributed by atoms with Crippen LogP contribution in [0.2, 0.25) is 0 Å². The van der Waals surface area contributed by atoms with Gasteiger partial charge in [0.05, 0.1) is 28.5 Å². The van der Waals surface area contributed by atoms with Crippen molar-refractivity contribution < 1.29 is 4.74 Å². The summed E-state index contributed by atoms with van der Waals surface area (Å²) in [6, 6.07) is 52.8. The molecule has 2 aliphatic heterocycles. The zero-order chi connectivity index (χ0) is 32.2. The highest BCUT2D eigenvalue weighted by Gasteiger charge is 2.39. The van der Waals surface area contributed by atoms with Gasteiger partial charge >= 0.3 is 0 Å². The molecule has 0 radical (unpaired) electrons. The average molecular weight is 638 g/mol. The fourth-order valence-corrected chi connectivity index (χ4v) is 7.97. The number of hydrogen-bond donors (Lipinski definition) is 0. The predicted molar refractivity (Wildman–Crippen MR) is 196 cm³/mol. The summed E-state index contributed by atoms with van der Waals surface area (Å²) >= 11 is 1.81. The molecule has 0 aliphatic carbocycles. The second kappa shape index (κ2) is 11.3. The van der Waals surface area contributed by atoms with Gasteiger partial charge in [-0.3, -0.25) is 0 Å². The number of anilines is 3. The van der Waals surface area contributed by atoms with Crippen molar-refractivity contribution in [1.82, 2.24) is 9.97 Å². The lowest BCUT2D eigenvalue weighted by Gasteiger charge is -2.39. The Morgan fingerprint density at radius 1 is 0.521 bits per heavy atom. The topological polar surface area (TPSA) is 38.3 Å². The number of ether oxygens (including phenoxy) is 1. The molecule has 6 aromatic carbocycles. The van der Waals surface area contributed by atoms with Crippen LogP contribution in [0.5, 0.6) is 11.5 Å². The van der Waals surface area contributed by atoms with Crippen LogP contribution in [0.1, 0.15) is 25.0 Å². The van der Waals surface area contributed by atoms with E-state index in [-0.39, 0.29) is 5.41 Å². The quantitative estimate of drug-likeness (QED) is 0.192. The van der Waals surface area contributed by atoms with Crippen LogP contribution in [-0.2, 0) is 5.41 Å². The van der Waals surface area contributed by atoms with E-state index in [4.69, 9.17) is 14.7 Å². The molecule has 0 saturated heterocycles. The lowest BCUT2D eigenvalue weighted by atomic mass is 9.74. The van der Waals surface area contributed by atoms with Crippen LogP contribution in [0.15, 0.2) is 161 Å². The molecule has 0 saturated carbocycles. The van der Waals surface area contributed by atoms with Crippen LogP contribution >= 0.6 is 11.8 Å². The normalized spacial score (nSPS) is 13.8. The van der Waals surface area contributed by atoms with Crippen LogP contribution in [0.4, 0.5) is 17.1 Å². The van der Waals surface area contributed by atoms with E-state index in [1.807, 2.05) is 48.2 Å². The first-order chi connectivity index (χ1) is 23.6. The Bertz CT molecular complexity index is 2230. The van der Waals surface area contributed by atoms with Gasteiger partial charge in [-0.2, -0.15) is 0 Å². The SMILES string of the molecule is CC1(C)c2cccc(-c3cc(-c4ccccc4)nc(-c4ccccc4)n3)c2Oc2c(N3c4ccccc4Sc4ccccc43)cccc21. The third-order valence-electron chi connectivity index (χ3n) is 9.34. The first-order valence-electron chi connectivity index (χ1n) is 16.2. The summed E-state index contributed by atoms with van der Waals surface area (Å²) in [6.07, 6.45) is 0. The lowest BCUT2D eigenvalue weighted by molar-refractivity contribution is 0.420. The van der Waals surface area contributed by atoms with E-state index in [9.17, 15) is 0 Å². The largest absolute Gasteiger partial charge is 0.454 e. The Labute approximate surface area is 284 Å². The van der Waals surface area contributed by atoms with Gasteiger partial charge in [0.15, 0.2) is 11.6 Å². The smallest absolute Gasteiger partial charge is 0.160 e. The molecule has 4 nitrogen and oxygen atoms in total. The van der Waals surface area contributed by atoms with Gasteiger partial charge in [0.25, 0.3) is 0 Å². The summed E-state index contributed by atoms with van der Waals surface area (Å²) in [4.78, 5) is 15.0. The van der Waals surface area contributed by atoms with Crippen molar-refractivity contribution >= 4 is 28.8 Å². The highest BCUT2D eigenvalue weighted by atomic mass is 32.2. The second-order valence-electron chi connectivity index (χ2n) is 12.6. The van der Waals surface area contributed by atoms with Crippen LogP contribution in [0.25, 0.3) is 33.9 Å². The van der Waals surface area contributed by atoms with Crippen LogP contribution in [0.3, 0.4) is 0 Å². The number of hydrogen-bond acceptors (Lipinski definition) is 5. The zero-order valence-corrected chi connectivity index (χ0v) is 27.4. The van der Waals surface area contributed by atoms with Gasteiger partial charge in [-0.25, -0.2) is 9.97 Å². The summed E-state index contributed by atoms with van der Waals surface area (Å²) in [7, 11) is 0. The zero-order valence-electron chi connectivity index (χ0n) is 26.6. The van der Waals surface area contributed by atoms with Gasteiger partial charge in [0.2, 0.25) is 0 Å².